The van der Waals surface area contributed by atoms with Gasteiger partial charge in [0.1, 0.15) is 12.6 Å². The highest BCUT2D eigenvalue weighted by Crippen LogP contribution is 2.32. The summed E-state index contributed by atoms with van der Waals surface area (Å²) in [4.78, 5) is 53.4. The van der Waals surface area contributed by atoms with Crippen LogP contribution in [0.4, 0.5) is 10.5 Å². The van der Waals surface area contributed by atoms with Gasteiger partial charge < -0.3 is 14.5 Å². The minimum Gasteiger partial charge on any atom is -0.445 e. The third-order valence-corrected chi connectivity index (χ3v) is 6.85. The van der Waals surface area contributed by atoms with Crippen molar-refractivity contribution in [3.8, 4) is 0 Å². The molecule has 2 aromatic carbocycles. The fourth-order valence-electron chi connectivity index (χ4n) is 4.77. The Morgan fingerprint density at radius 3 is 2.54 bits per heavy atom. The third kappa shape index (κ3) is 4.05. The number of aromatic nitrogens is 2. The number of aryl methyl sites for hydroxylation is 1. The number of anilines is 1. The number of carbonyl (C=O) groups excluding carboxylic acids is 3. The van der Waals surface area contributed by atoms with Gasteiger partial charge in [0.2, 0.25) is 11.8 Å². The summed E-state index contributed by atoms with van der Waals surface area (Å²) in [5.74, 6) is -0.779. The van der Waals surface area contributed by atoms with E-state index in [2.05, 4.69) is 10.2 Å². The second-order valence-corrected chi connectivity index (χ2v) is 9.03. The molecule has 182 valence electrons. The number of fused-ring (bicyclic) bond motifs is 1. The Balaban J connectivity index is 1.32. The monoisotopic (exact) mass is 477 g/mol. The molecule has 0 bridgehead atoms. The van der Waals surface area contributed by atoms with Gasteiger partial charge >= 0.3 is 11.8 Å². The van der Waals surface area contributed by atoms with Crippen molar-refractivity contribution in [2.24, 2.45) is 7.05 Å². The van der Waals surface area contributed by atoms with Crippen molar-refractivity contribution in [3.63, 3.8) is 0 Å². The van der Waals surface area contributed by atoms with E-state index in [1.165, 1.54) is 4.57 Å². The molecular formula is C25H27N5O5. The highest BCUT2D eigenvalue weighted by Gasteiger charge is 2.36. The lowest BCUT2D eigenvalue weighted by atomic mass is 10.0. The van der Waals surface area contributed by atoms with Gasteiger partial charge in [-0.2, -0.15) is 0 Å². The Bertz CT molecular complexity index is 1360. The van der Waals surface area contributed by atoms with E-state index >= 15 is 0 Å². The van der Waals surface area contributed by atoms with E-state index in [0.717, 1.165) is 16.8 Å². The van der Waals surface area contributed by atoms with Crippen molar-refractivity contribution in [2.45, 2.75) is 31.5 Å². The summed E-state index contributed by atoms with van der Waals surface area (Å²) in [6.45, 7) is 1.40. The number of hydrogen-bond donors (Lipinski definition) is 1. The summed E-state index contributed by atoms with van der Waals surface area (Å²) >= 11 is 0. The fraction of sp³-hybridized carbons (Fsp3) is 0.360. The van der Waals surface area contributed by atoms with Crippen molar-refractivity contribution in [2.75, 3.05) is 25.0 Å². The Hall–Kier alpha value is -4.08. The first-order valence-corrected chi connectivity index (χ1v) is 11.6. The quantitative estimate of drug-likeness (QED) is 0.562. The summed E-state index contributed by atoms with van der Waals surface area (Å²) in [5.41, 5.74) is 2.84. The number of likely N-dealkylation sites (N-methyl/N-ethyl adjacent to an activating group) is 1. The van der Waals surface area contributed by atoms with E-state index in [1.807, 2.05) is 48.5 Å². The minimum absolute atomic E-state index is 0.0252. The SMILES string of the molecule is CN(C(=O)OCc1ccccc1)C1CN(c2cccc3c2n(C)c(=O)n3C2CCC(=O)NC2=O)C1. The lowest BCUT2D eigenvalue weighted by molar-refractivity contribution is -0.135. The third-order valence-electron chi connectivity index (χ3n) is 6.85. The molecule has 3 heterocycles. The molecule has 5 rings (SSSR count). The van der Waals surface area contributed by atoms with E-state index in [9.17, 15) is 19.2 Å². The van der Waals surface area contributed by atoms with Crippen LogP contribution in [0.3, 0.4) is 0 Å². The standard InChI is InChI=1S/C25H27N5O5/c1-27(25(34)35-15-16-7-4-3-5-8-16)17-13-29(14-17)18-9-6-10-19-22(18)28(2)24(33)30(19)20-11-12-21(31)26-23(20)32/h3-10,17,20H,11-15H2,1-2H3,(H,26,31,32). The Kier molecular flexibility index (Phi) is 5.80. The number of nitrogens with one attached hydrogen (secondary N) is 1. The van der Waals surface area contributed by atoms with Crippen LogP contribution in [0.2, 0.25) is 0 Å². The maximum atomic E-state index is 13.1. The first-order valence-electron chi connectivity index (χ1n) is 11.6. The molecule has 2 fully saturated rings. The topological polar surface area (TPSA) is 106 Å². The molecule has 1 N–H and O–H groups in total. The number of para-hydroxylation sites is 1. The van der Waals surface area contributed by atoms with Gasteiger partial charge in [-0.15, -0.1) is 0 Å². The van der Waals surface area contributed by atoms with Crippen molar-refractivity contribution in [3.05, 3.63) is 64.6 Å². The summed E-state index contributed by atoms with van der Waals surface area (Å²) < 4.78 is 8.46. The van der Waals surface area contributed by atoms with E-state index in [-0.39, 0.29) is 43.2 Å². The van der Waals surface area contributed by atoms with E-state index < -0.39 is 11.9 Å². The zero-order valence-corrected chi connectivity index (χ0v) is 19.6. The van der Waals surface area contributed by atoms with Crippen LogP contribution in [0.25, 0.3) is 11.0 Å². The summed E-state index contributed by atoms with van der Waals surface area (Å²) in [6.07, 6.45) is 0.0998. The van der Waals surface area contributed by atoms with Gasteiger partial charge in [0.25, 0.3) is 0 Å². The molecule has 10 nitrogen and oxygen atoms in total. The molecule has 0 saturated carbocycles. The van der Waals surface area contributed by atoms with Crippen LogP contribution in [0.5, 0.6) is 0 Å². The van der Waals surface area contributed by atoms with Crippen molar-refractivity contribution < 1.29 is 19.1 Å². The molecule has 0 aliphatic carbocycles. The molecule has 2 aliphatic heterocycles. The zero-order valence-electron chi connectivity index (χ0n) is 19.6. The van der Waals surface area contributed by atoms with E-state index in [0.29, 0.717) is 18.6 Å². The average Bonchev–Trinajstić information content (AvgIpc) is 3.08. The van der Waals surface area contributed by atoms with Crippen LogP contribution < -0.4 is 15.9 Å². The Morgan fingerprint density at radius 1 is 1.09 bits per heavy atom. The summed E-state index contributed by atoms with van der Waals surface area (Å²) in [6, 6.07) is 14.4. The fourth-order valence-corrected chi connectivity index (χ4v) is 4.77. The molecule has 3 amide bonds. The van der Waals surface area contributed by atoms with Crippen molar-refractivity contribution >= 4 is 34.6 Å². The van der Waals surface area contributed by atoms with Gasteiger partial charge in [-0.3, -0.25) is 24.0 Å². The largest absolute Gasteiger partial charge is 0.445 e. The number of nitrogens with zero attached hydrogens (tertiary/aromatic N) is 4. The van der Waals surface area contributed by atoms with Crippen LogP contribution in [0.1, 0.15) is 24.4 Å². The normalized spacial score (nSPS) is 18.3. The van der Waals surface area contributed by atoms with Crippen LogP contribution in [-0.4, -0.2) is 58.1 Å². The number of ether oxygens (including phenoxy) is 1. The van der Waals surface area contributed by atoms with Gasteiger partial charge in [0.05, 0.1) is 22.8 Å². The van der Waals surface area contributed by atoms with E-state index in [4.69, 9.17) is 4.74 Å². The number of rotatable bonds is 5. The first kappa shape index (κ1) is 22.7. The number of hydrogen-bond acceptors (Lipinski definition) is 6. The lowest BCUT2D eigenvalue weighted by Gasteiger charge is -2.45. The van der Waals surface area contributed by atoms with E-state index in [1.54, 1.807) is 23.6 Å². The second-order valence-electron chi connectivity index (χ2n) is 9.03. The summed E-state index contributed by atoms with van der Waals surface area (Å²) in [5, 5.41) is 2.33. The second kappa shape index (κ2) is 8.94. The van der Waals surface area contributed by atoms with Crippen LogP contribution in [0.15, 0.2) is 53.3 Å². The number of benzene rings is 2. The van der Waals surface area contributed by atoms with Gasteiger partial charge in [0, 0.05) is 33.6 Å². The van der Waals surface area contributed by atoms with Gasteiger partial charge in [-0.1, -0.05) is 36.4 Å². The molecule has 1 atom stereocenters. The van der Waals surface area contributed by atoms with Crippen LogP contribution >= 0.6 is 0 Å². The molecule has 1 aromatic heterocycles. The van der Waals surface area contributed by atoms with Gasteiger partial charge in [-0.05, 0) is 24.1 Å². The number of piperidine rings is 1. The molecular weight excluding hydrogens is 450 g/mol. The predicted molar refractivity (Wildman–Crippen MR) is 129 cm³/mol. The van der Waals surface area contributed by atoms with Crippen molar-refractivity contribution in [1.82, 2.24) is 19.4 Å². The highest BCUT2D eigenvalue weighted by atomic mass is 16.6. The zero-order chi connectivity index (χ0) is 24.7. The highest BCUT2D eigenvalue weighted by molar-refractivity contribution is 6.00. The molecule has 35 heavy (non-hydrogen) atoms. The molecule has 3 aromatic rings. The van der Waals surface area contributed by atoms with Crippen molar-refractivity contribution in [1.29, 1.82) is 0 Å². The number of imidazole rings is 1. The average molecular weight is 478 g/mol. The lowest BCUT2D eigenvalue weighted by Crippen LogP contribution is -2.60. The molecule has 0 radical (unpaired) electrons. The first-order chi connectivity index (χ1) is 16.8. The molecule has 2 saturated heterocycles. The Labute approximate surface area is 201 Å². The number of amides is 3. The number of imide groups is 1. The maximum Gasteiger partial charge on any atom is 0.410 e. The van der Waals surface area contributed by atoms with Crippen LogP contribution in [0, 0.1) is 0 Å². The van der Waals surface area contributed by atoms with Crippen LogP contribution in [-0.2, 0) is 28.0 Å². The Morgan fingerprint density at radius 2 is 1.83 bits per heavy atom. The van der Waals surface area contributed by atoms with Gasteiger partial charge in [0.15, 0.2) is 0 Å². The minimum atomic E-state index is -0.728. The molecule has 2 aliphatic rings. The molecule has 1 unspecified atom stereocenters. The smallest absolute Gasteiger partial charge is 0.410 e. The molecule has 0 spiro atoms. The number of carbonyl (C=O) groups is 3. The summed E-state index contributed by atoms with van der Waals surface area (Å²) in [7, 11) is 3.41. The maximum absolute atomic E-state index is 13.1. The van der Waals surface area contributed by atoms with Gasteiger partial charge in [-0.25, -0.2) is 9.59 Å². The molecule has 10 heteroatoms. The predicted octanol–water partition coefficient (Wildman–Crippen LogP) is 1.77.